The number of anilines is 2. The molecule has 0 atom stereocenters. The van der Waals surface area contributed by atoms with E-state index in [1.807, 2.05) is 32.0 Å². The Balaban J connectivity index is 2.16. The van der Waals surface area contributed by atoms with Crippen molar-refractivity contribution in [2.45, 2.75) is 44.8 Å². The van der Waals surface area contributed by atoms with Crippen LogP contribution in [0.3, 0.4) is 0 Å². The van der Waals surface area contributed by atoms with Gasteiger partial charge < -0.3 is 14.9 Å². The first-order valence-electron chi connectivity index (χ1n) is 6.91. The molecule has 0 saturated heterocycles. The Morgan fingerprint density at radius 2 is 1.63 bits per heavy atom. The van der Waals surface area contributed by atoms with Crippen LogP contribution in [0.5, 0.6) is 0 Å². The van der Waals surface area contributed by atoms with E-state index in [1.165, 1.54) is 0 Å². The Morgan fingerprint density at radius 1 is 1.05 bits per heavy atom. The topological polar surface area (TPSA) is 52.5 Å². The Labute approximate surface area is 115 Å². The normalized spacial score (nSPS) is 23.2. The fraction of sp³-hybridized carbons (Fsp3) is 0.714. The molecule has 1 aliphatic carbocycles. The maximum absolute atomic E-state index is 9.59. The molecule has 2 rings (SSSR count). The van der Waals surface area contributed by atoms with Crippen LogP contribution in [-0.4, -0.2) is 48.4 Å². The van der Waals surface area contributed by atoms with E-state index in [0.29, 0.717) is 6.04 Å². The monoisotopic (exact) mass is 264 g/mol. The highest BCUT2D eigenvalue weighted by Crippen LogP contribution is 2.26. The molecule has 1 N–H and O–H groups in total. The fourth-order valence-corrected chi connectivity index (χ4v) is 2.58. The standard InChI is InChI=1S/C14H24N4O/c1-10-15-13(17(2)3)9-14(16-10)18(4)11-5-7-12(19)8-6-11/h9,11-12,19H,5-8H2,1-4H3. The van der Waals surface area contributed by atoms with Crippen molar-refractivity contribution in [3.8, 4) is 0 Å². The third-order valence-electron chi connectivity index (χ3n) is 3.84. The van der Waals surface area contributed by atoms with Crippen molar-refractivity contribution in [1.29, 1.82) is 0 Å². The number of nitrogens with zero attached hydrogens (tertiary/aromatic N) is 4. The highest BCUT2D eigenvalue weighted by molar-refractivity contribution is 5.50. The predicted octanol–water partition coefficient (Wildman–Crippen LogP) is 1.59. The van der Waals surface area contributed by atoms with Gasteiger partial charge in [0.15, 0.2) is 0 Å². The van der Waals surface area contributed by atoms with Gasteiger partial charge >= 0.3 is 0 Å². The molecule has 0 aromatic carbocycles. The van der Waals surface area contributed by atoms with E-state index in [4.69, 9.17) is 0 Å². The second-order valence-electron chi connectivity index (χ2n) is 5.60. The molecule has 1 aromatic rings. The van der Waals surface area contributed by atoms with Crippen molar-refractivity contribution in [2.75, 3.05) is 30.9 Å². The van der Waals surface area contributed by atoms with Crippen LogP contribution in [0.4, 0.5) is 11.6 Å². The van der Waals surface area contributed by atoms with Gasteiger partial charge in [-0.2, -0.15) is 0 Å². The average molecular weight is 264 g/mol. The first-order chi connectivity index (χ1) is 8.97. The van der Waals surface area contributed by atoms with Gasteiger partial charge in [0.2, 0.25) is 0 Å². The molecule has 1 saturated carbocycles. The number of hydrogen-bond donors (Lipinski definition) is 1. The summed E-state index contributed by atoms with van der Waals surface area (Å²) in [7, 11) is 6.06. The first kappa shape index (κ1) is 14.1. The van der Waals surface area contributed by atoms with Crippen LogP contribution in [0.1, 0.15) is 31.5 Å². The zero-order valence-corrected chi connectivity index (χ0v) is 12.3. The molecule has 0 unspecified atom stereocenters. The lowest BCUT2D eigenvalue weighted by atomic mass is 9.92. The Morgan fingerprint density at radius 3 is 2.21 bits per heavy atom. The predicted molar refractivity (Wildman–Crippen MR) is 77.8 cm³/mol. The lowest BCUT2D eigenvalue weighted by molar-refractivity contribution is 0.122. The van der Waals surface area contributed by atoms with Crippen LogP contribution in [0.2, 0.25) is 0 Å². The minimum Gasteiger partial charge on any atom is -0.393 e. The molecular formula is C14H24N4O. The summed E-state index contributed by atoms with van der Waals surface area (Å²) in [6.45, 7) is 1.93. The lowest BCUT2D eigenvalue weighted by Crippen LogP contribution is -2.37. The number of aromatic nitrogens is 2. The molecule has 1 fully saturated rings. The number of rotatable bonds is 3. The Hall–Kier alpha value is -1.36. The van der Waals surface area contributed by atoms with E-state index < -0.39 is 0 Å². The average Bonchev–Trinajstić information content (AvgIpc) is 2.38. The molecule has 1 heterocycles. The maximum Gasteiger partial charge on any atom is 0.134 e. The third kappa shape index (κ3) is 3.35. The van der Waals surface area contributed by atoms with Gasteiger partial charge in [0.05, 0.1) is 6.10 Å². The molecule has 0 aliphatic heterocycles. The summed E-state index contributed by atoms with van der Waals surface area (Å²) in [6.07, 6.45) is 3.71. The molecular weight excluding hydrogens is 240 g/mol. The van der Waals surface area contributed by atoms with Crippen molar-refractivity contribution in [3.63, 3.8) is 0 Å². The lowest BCUT2D eigenvalue weighted by Gasteiger charge is -2.34. The number of aliphatic hydroxyl groups excluding tert-OH is 1. The molecule has 5 nitrogen and oxygen atoms in total. The van der Waals surface area contributed by atoms with E-state index in [0.717, 1.165) is 43.1 Å². The van der Waals surface area contributed by atoms with Crippen molar-refractivity contribution in [1.82, 2.24) is 9.97 Å². The zero-order chi connectivity index (χ0) is 14.0. The van der Waals surface area contributed by atoms with Gasteiger partial charge in [-0.1, -0.05) is 0 Å². The Kier molecular flexibility index (Phi) is 4.24. The third-order valence-corrected chi connectivity index (χ3v) is 3.84. The molecule has 0 bridgehead atoms. The Bertz CT molecular complexity index is 427. The van der Waals surface area contributed by atoms with E-state index in [-0.39, 0.29) is 6.10 Å². The van der Waals surface area contributed by atoms with Crippen molar-refractivity contribution >= 4 is 11.6 Å². The maximum atomic E-state index is 9.59. The zero-order valence-electron chi connectivity index (χ0n) is 12.3. The summed E-state index contributed by atoms with van der Waals surface area (Å²) in [6, 6.07) is 2.49. The van der Waals surface area contributed by atoms with E-state index in [1.54, 1.807) is 0 Å². The highest BCUT2D eigenvalue weighted by atomic mass is 16.3. The van der Waals surface area contributed by atoms with Crippen LogP contribution < -0.4 is 9.80 Å². The second kappa shape index (κ2) is 5.74. The van der Waals surface area contributed by atoms with Crippen LogP contribution in [0.25, 0.3) is 0 Å². The van der Waals surface area contributed by atoms with Gasteiger partial charge in [0.25, 0.3) is 0 Å². The summed E-state index contributed by atoms with van der Waals surface area (Å²) in [5.41, 5.74) is 0. The SMILES string of the molecule is Cc1nc(N(C)C)cc(N(C)C2CCC(O)CC2)n1. The summed E-state index contributed by atoms with van der Waals surface area (Å²) in [5, 5.41) is 9.59. The van der Waals surface area contributed by atoms with Crippen molar-refractivity contribution in [3.05, 3.63) is 11.9 Å². The van der Waals surface area contributed by atoms with Gasteiger partial charge in [-0.05, 0) is 32.6 Å². The van der Waals surface area contributed by atoms with Crippen molar-refractivity contribution < 1.29 is 5.11 Å². The fourth-order valence-electron chi connectivity index (χ4n) is 2.58. The summed E-state index contributed by atoms with van der Waals surface area (Å²) in [5.74, 6) is 2.70. The number of aryl methyl sites for hydroxylation is 1. The van der Waals surface area contributed by atoms with Gasteiger partial charge in [-0.25, -0.2) is 9.97 Å². The van der Waals surface area contributed by atoms with Crippen LogP contribution >= 0.6 is 0 Å². The molecule has 1 aliphatic rings. The molecule has 0 radical (unpaired) electrons. The van der Waals surface area contributed by atoms with E-state index in [2.05, 4.69) is 21.9 Å². The molecule has 5 heteroatoms. The number of hydrogen-bond acceptors (Lipinski definition) is 5. The second-order valence-corrected chi connectivity index (χ2v) is 5.60. The number of aliphatic hydroxyl groups is 1. The molecule has 0 amide bonds. The summed E-state index contributed by atoms with van der Waals surface area (Å²) >= 11 is 0. The minimum atomic E-state index is -0.117. The molecule has 19 heavy (non-hydrogen) atoms. The minimum absolute atomic E-state index is 0.117. The molecule has 0 spiro atoms. The highest BCUT2D eigenvalue weighted by Gasteiger charge is 2.24. The molecule has 106 valence electrons. The first-order valence-corrected chi connectivity index (χ1v) is 6.91. The van der Waals surface area contributed by atoms with Gasteiger partial charge in [0, 0.05) is 33.3 Å². The quantitative estimate of drug-likeness (QED) is 0.898. The van der Waals surface area contributed by atoms with Crippen LogP contribution in [-0.2, 0) is 0 Å². The smallest absolute Gasteiger partial charge is 0.134 e. The summed E-state index contributed by atoms with van der Waals surface area (Å²) < 4.78 is 0. The van der Waals surface area contributed by atoms with E-state index >= 15 is 0 Å². The van der Waals surface area contributed by atoms with Crippen LogP contribution in [0.15, 0.2) is 6.07 Å². The molecule has 1 aromatic heterocycles. The van der Waals surface area contributed by atoms with Crippen molar-refractivity contribution in [2.24, 2.45) is 0 Å². The summed E-state index contributed by atoms with van der Waals surface area (Å²) in [4.78, 5) is 13.2. The van der Waals surface area contributed by atoms with Gasteiger partial charge in [-0.15, -0.1) is 0 Å². The van der Waals surface area contributed by atoms with Crippen LogP contribution in [0, 0.1) is 6.92 Å². The van der Waals surface area contributed by atoms with Gasteiger partial charge in [-0.3, -0.25) is 0 Å². The largest absolute Gasteiger partial charge is 0.393 e. The van der Waals surface area contributed by atoms with E-state index in [9.17, 15) is 5.11 Å². The van der Waals surface area contributed by atoms with Gasteiger partial charge in [0.1, 0.15) is 17.5 Å².